The van der Waals surface area contributed by atoms with E-state index in [2.05, 4.69) is 26.3 Å². The SMILES string of the molecule is Cn1ccc(C(=O)NCC2CCC(Br)CC2)n1. The molecular weight excluding hydrogens is 282 g/mol. The van der Waals surface area contributed by atoms with Crippen LogP contribution < -0.4 is 5.32 Å². The first-order valence-electron chi connectivity index (χ1n) is 6.07. The molecule has 1 aromatic heterocycles. The molecule has 17 heavy (non-hydrogen) atoms. The Morgan fingerprint density at radius 3 is 2.82 bits per heavy atom. The molecule has 0 bridgehead atoms. The number of carbonyl (C=O) groups excluding carboxylic acids is 1. The molecule has 0 aliphatic heterocycles. The number of hydrogen-bond acceptors (Lipinski definition) is 2. The fourth-order valence-corrected chi connectivity index (χ4v) is 2.72. The lowest BCUT2D eigenvalue weighted by Crippen LogP contribution is -2.31. The van der Waals surface area contributed by atoms with Crippen LogP contribution >= 0.6 is 15.9 Å². The molecule has 5 heteroatoms. The number of halogens is 1. The van der Waals surface area contributed by atoms with Crippen LogP contribution in [0.1, 0.15) is 36.2 Å². The van der Waals surface area contributed by atoms with E-state index in [-0.39, 0.29) is 5.91 Å². The Hall–Kier alpha value is -0.840. The van der Waals surface area contributed by atoms with Crippen molar-refractivity contribution in [2.75, 3.05) is 6.54 Å². The molecule has 1 fully saturated rings. The van der Waals surface area contributed by atoms with Crippen molar-refractivity contribution in [2.45, 2.75) is 30.5 Å². The van der Waals surface area contributed by atoms with Crippen molar-refractivity contribution in [3.8, 4) is 0 Å². The number of alkyl halides is 1. The van der Waals surface area contributed by atoms with Gasteiger partial charge in [0.15, 0.2) is 0 Å². The Morgan fingerprint density at radius 2 is 2.24 bits per heavy atom. The topological polar surface area (TPSA) is 46.9 Å². The van der Waals surface area contributed by atoms with Crippen molar-refractivity contribution < 1.29 is 4.79 Å². The summed E-state index contributed by atoms with van der Waals surface area (Å²) in [6.45, 7) is 0.773. The van der Waals surface area contributed by atoms with Crippen LogP contribution in [0.2, 0.25) is 0 Å². The van der Waals surface area contributed by atoms with Crippen LogP contribution in [-0.2, 0) is 7.05 Å². The van der Waals surface area contributed by atoms with Gasteiger partial charge >= 0.3 is 0 Å². The van der Waals surface area contributed by atoms with E-state index in [4.69, 9.17) is 0 Å². The highest BCUT2D eigenvalue weighted by Crippen LogP contribution is 2.28. The maximum Gasteiger partial charge on any atom is 0.271 e. The zero-order chi connectivity index (χ0) is 12.3. The summed E-state index contributed by atoms with van der Waals surface area (Å²) in [6.07, 6.45) is 6.59. The van der Waals surface area contributed by atoms with Gasteiger partial charge in [0.05, 0.1) is 0 Å². The first-order chi connectivity index (χ1) is 8.15. The van der Waals surface area contributed by atoms with Crippen LogP contribution in [0.15, 0.2) is 12.3 Å². The predicted octanol–water partition coefficient (Wildman–Crippen LogP) is 2.10. The number of aromatic nitrogens is 2. The van der Waals surface area contributed by atoms with Crippen LogP contribution in [0.3, 0.4) is 0 Å². The highest BCUT2D eigenvalue weighted by molar-refractivity contribution is 9.09. The van der Waals surface area contributed by atoms with E-state index in [1.807, 2.05) is 7.05 Å². The lowest BCUT2D eigenvalue weighted by molar-refractivity contribution is 0.0938. The van der Waals surface area contributed by atoms with E-state index in [1.54, 1.807) is 16.9 Å². The fourth-order valence-electron chi connectivity index (χ4n) is 2.19. The van der Waals surface area contributed by atoms with E-state index >= 15 is 0 Å². The summed E-state index contributed by atoms with van der Waals surface area (Å²) in [5.74, 6) is 0.558. The monoisotopic (exact) mass is 299 g/mol. The molecule has 1 amide bonds. The fraction of sp³-hybridized carbons (Fsp3) is 0.667. The average Bonchev–Trinajstić information content (AvgIpc) is 2.75. The zero-order valence-electron chi connectivity index (χ0n) is 10.0. The van der Waals surface area contributed by atoms with Gasteiger partial charge in [-0.1, -0.05) is 15.9 Å². The molecule has 0 atom stereocenters. The number of hydrogen-bond donors (Lipinski definition) is 1. The lowest BCUT2D eigenvalue weighted by atomic mass is 9.89. The van der Waals surface area contributed by atoms with Crippen molar-refractivity contribution in [3.05, 3.63) is 18.0 Å². The van der Waals surface area contributed by atoms with E-state index in [1.165, 1.54) is 25.7 Å². The van der Waals surface area contributed by atoms with Crippen molar-refractivity contribution >= 4 is 21.8 Å². The van der Waals surface area contributed by atoms with Crippen molar-refractivity contribution in [3.63, 3.8) is 0 Å². The first-order valence-corrected chi connectivity index (χ1v) is 6.98. The number of nitrogens with zero attached hydrogens (tertiary/aromatic N) is 2. The minimum Gasteiger partial charge on any atom is -0.350 e. The standard InChI is InChI=1S/C12H18BrN3O/c1-16-7-6-11(15-16)12(17)14-8-9-2-4-10(13)5-3-9/h6-7,9-10H,2-5,8H2,1H3,(H,14,17). The minimum absolute atomic E-state index is 0.0634. The highest BCUT2D eigenvalue weighted by atomic mass is 79.9. The molecule has 0 saturated heterocycles. The molecule has 1 aliphatic carbocycles. The van der Waals surface area contributed by atoms with Gasteiger partial charge in [-0.05, 0) is 37.7 Å². The number of carbonyl (C=O) groups is 1. The van der Waals surface area contributed by atoms with Crippen LogP contribution in [0.4, 0.5) is 0 Å². The van der Waals surface area contributed by atoms with Gasteiger partial charge < -0.3 is 5.32 Å². The van der Waals surface area contributed by atoms with Crippen LogP contribution in [0, 0.1) is 5.92 Å². The van der Waals surface area contributed by atoms with Gasteiger partial charge in [-0.2, -0.15) is 5.10 Å². The Balaban J connectivity index is 1.76. The van der Waals surface area contributed by atoms with Crippen molar-refractivity contribution in [1.29, 1.82) is 0 Å². The van der Waals surface area contributed by atoms with Crippen molar-refractivity contribution in [1.82, 2.24) is 15.1 Å². The number of rotatable bonds is 3. The summed E-state index contributed by atoms with van der Waals surface area (Å²) in [5.41, 5.74) is 0.502. The van der Waals surface area contributed by atoms with Gasteiger partial charge in [-0.3, -0.25) is 9.48 Å². The quantitative estimate of drug-likeness (QED) is 0.869. The first kappa shape index (κ1) is 12.6. The average molecular weight is 300 g/mol. The molecule has 4 nitrogen and oxygen atoms in total. The third-order valence-electron chi connectivity index (χ3n) is 3.27. The molecule has 0 spiro atoms. The van der Waals surface area contributed by atoms with E-state index in [9.17, 15) is 4.79 Å². The molecule has 0 radical (unpaired) electrons. The zero-order valence-corrected chi connectivity index (χ0v) is 11.6. The smallest absolute Gasteiger partial charge is 0.271 e. The third kappa shape index (κ3) is 3.56. The second-order valence-corrected chi connectivity index (χ2v) is 6.00. The normalized spacial score (nSPS) is 24.6. The lowest BCUT2D eigenvalue weighted by Gasteiger charge is -2.25. The second-order valence-electron chi connectivity index (χ2n) is 4.70. The molecular formula is C12H18BrN3O. The van der Waals surface area contributed by atoms with Gasteiger partial charge in [-0.15, -0.1) is 0 Å². The van der Waals surface area contributed by atoms with E-state index in [0.717, 1.165) is 6.54 Å². The summed E-state index contributed by atoms with van der Waals surface area (Å²) < 4.78 is 1.64. The minimum atomic E-state index is -0.0634. The van der Waals surface area contributed by atoms with Crippen LogP contribution in [-0.4, -0.2) is 27.1 Å². The largest absolute Gasteiger partial charge is 0.350 e. The molecule has 94 valence electrons. The molecule has 1 N–H and O–H groups in total. The van der Waals surface area contributed by atoms with Gasteiger partial charge in [0.25, 0.3) is 5.91 Å². The summed E-state index contributed by atoms with van der Waals surface area (Å²) in [5, 5.41) is 7.05. The van der Waals surface area contributed by atoms with E-state index < -0.39 is 0 Å². The van der Waals surface area contributed by atoms with Gasteiger partial charge in [0.2, 0.25) is 0 Å². The summed E-state index contributed by atoms with van der Waals surface area (Å²) in [6, 6.07) is 1.74. The Labute approximate surface area is 110 Å². The number of amides is 1. The van der Waals surface area contributed by atoms with Crippen LogP contribution in [0.25, 0.3) is 0 Å². The Bertz CT molecular complexity index is 383. The molecule has 0 aromatic carbocycles. The van der Waals surface area contributed by atoms with E-state index in [0.29, 0.717) is 16.4 Å². The third-order valence-corrected chi connectivity index (χ3v) is 4.19. The maximum atomic E-state index is 11.8. The molecule has 1 aromatic rings. The predicted molar refractivity (Wildman–Crippen MR) is 70.2 cm³/mol. The van der Waals surface area contributed by atoms with Crippen molar-refractivity contribution in [2.24, 2.45) is 13.0 Å². The van der Waals surface area contributed by atoms with Gasteiger partial charge in [-0.25, -0.2) is 0 Å². The molecule has 1 aliphatic rings. The maximum absolute atomic E-state index is 11.8. The Morgan fingerprint density at radius 1 is 1.53 bits per heavy atom. The number of aryl methyl sites for hydroxylation is 1. The number of nitrogens with one attached hydrogen (secondary N) is 1. The van der Waals surface area contributed by atoms with Crippen LogP contribution in [0.5, 0.6) is 0 Å². The Kier molecular flexibility index (Phi) is 4.20. The summed E-state index contributed by atoms with van der Waals surface area (Å²) in [7, 11) is 1.81. The van der Waals surface area contributed by atoms with Gasteiger partial charge in [0, 0.05) is 24.6 Å². The molecule has 2 rings (SSSR count). The second kappa shape index (κ2) is 5.67. The molecule has 1 heterocycles. The molecule has 0 unspecified atom stereocenters. The highest BCUT2D eigenvalue weighted by Gasteiger charge is 2.20. The summed E-state index contributed by atoms with van der Waals surface area (Å²) >= 11 is 3.64. The molecule has 1 saturated carbocycles. The summed E-state index contributed by atoms with van der Waals surface area (Å²) in [4.78, 5) is 12.4. The van der Waals surface area contributed by atoms with Gasteiger partial charge in [0.1, 0.15) is 5.69 Å².